The fraction of sp³-hybridized carbons (Fsp3) is 0.923. The van der Waals surface area contributed by atoms with Crippen molar-refractivity contribution in [1.82, 2.24) is 0 Å². The molecule has 3 heterocycles. The molecule has 3 saturated heterocycles. The average Bonchev–Trinajstić information content (AvgIpc) is 2.92. The fourth-order valence-electron chi connectivity index (χ4n) is 3.02. The van der Waals surface area contributed by atoms with Crippen molar-refractivity contribution in [3.05, 3.63) is 0 Å². The van der Waals surface area contributed by atoms with E-state index in [-0.39, 0.29) is 24.4 Å². The van der Waals surface area contributed by atoms with Gasteiger partial charge in [0.15, 0.2) is 11.6 Å². The molecule has 0 amide bonds. The van der Waals surface area contributed by atoms with Gasteiger partial charge in [-0.2, -0.15) is 0 Å². The first-order chi connectivity index (χ1) is 9.31. The standard InChI is InChI=1S/C13H21NO6/c1-12(2)16-6-8(18-12)9-11-10(7(17-9)5-14-15)19-13(3,4)20-11/h5,7-11,15H,6H2,1-4H3/b14-5+/t7-,8+,9+,10+,11-/m0/s1. The maximum Gasteiger partial charge on any atom is 0.164 e. The predicted molar refractivity (Wildman–Crippen MR) is 67.7 cm³/mol. The lowest BCUT2D eigenvalue weighted by molar-refractivity contribution is -0.200. The minimum Gasteiger partial charge on any atom is -0.411 e. The summed E-state index contributed by atoms with van der Waals surface area (Å²) >= 11 is 0. The van der Waals surface area contributed by atoms with Crippen LogP contribution in [0.3, 0.4) is 0 Å². The van der Waals surface area contributed by atoms with Crippen LogP contribution in [0.25, 0.3) is 0 Å². The third-order valence-electron chi connectivity index (χ3n) is 3.74. The second kappa shape index (κ2) is 4.64. The molecule has 0 saturated carbocycles. The van der Waals surface area contributed by atoms with Gasteiger partial charge in [-0.25, -0.2) is 0 Å². The van der Waals surface area contributed by atoms with Crippen LogP contribution in [-0.4, -0.2) is 60.1 Å². The number of nitrogens with zero attached hydrogens (tertiary/aromatic N) is 1. The van der Waals surface area contributed by atoms with Crippen LogP contribution < -0.4 is 0 Å². The van der Waals surface area contributed by atoms with E-state index >= 15 is 0 Å². The topological polar surface area (TPSA) is 78.7 Å². The van der Waals surface area contributed by atoms with Crippen molar-refractivity contribution in [3.63, 3.8) is 0 Å². The average molecular weight is 287 g/mol. The van der Waals surface area contributed by atoms with Crippen LogP contribution in [0.5, 0.6) is 0 Å². The molecule has 7 nitrogen and oxygen atoms in total. The highest BCUT2D eigenvalue weighted by Crippen LogP contribution is 2.41. The summed E-state index contributed by atoms with van der Waals surface area (Å²) in [5.41, 5.74) is 0. The van der Waals surface area contributed by atoms with E-state index < -0.39 is 17.7 Å². The van der Waals surface area contributed by atoms with Gasteiger partial charge >= 0.3 is 0 Å². The molecule has 114 valence electrons. The van der Waals surface area contributed by atoms with E-state index in [1.165, 1.54) is 6.21 Å². The molecular weight excluding hydrogens is 266 g/mol. The van der Waals surface area contributed by atoms with Crippen LogP contribution in [0.2, 0.25) is 0 Å². The molecule has 3 fully saturated rings. The minimum atomic E-state index is -0.687. The molecule has 3 aliphatic rings. The summed E-state index contributed by atoms with van der Waals surface area (Å²) in [6.07, 6.45) is -0.250. The Hall–Kier alpha value is -0.730. The molecule has 3 rings (SSSR count). The first kappa shape index (κ1) is 14.2. The van der Waals surface area contributed by atoms with Crippen molar-refractivity contribution in [3.8, 4) is 0 Å². The highest BCUT2D eigenvalue weighted by atomic mass is 16.8. The van der Waals surface area contributed by atoms with Crippen LogP contribution in [0.15, 0.2) is 5.16 Å². The molecule has 0 unspecified atom stereocenters. The molecule has 3 aliphatic heterocycles. The lowest BCUT2D eigenvalue weighted by atomic mass is 10.0. The normalized spacial score (nSPS) is 46.1. The number of rotatable bonds is 2. The van der Waals surface area contributed by atoms with Gasteiger partial charge < -0.3 is 28.9 Å². The molecule has 0 bridgehead atoms. The smallest absolute Gasteiger partial charge is 0.164 e. The zero-order valence-electron chi connectivity index (χ0n) is 12.1. The van der Waals surface area contributed by atoms with Gasteiger partial charge in [0.05, 0.1) is 12.8 Å². The summed E-state index contributed by atoms with van der Waals surface area (Å²) in [6, 6.07) is 0. The Labute approximate surface area is 117 Å². The summed E-state index contributed by atoms with van der Waals surface area (Å²) in [6.45, 7) is 7.87. The minimum absolute atomic E-state index is 0.230. The third-order valence-corrected chi connectivity index (χ3v) is 3.74. The van der Waals surface area contributed by atoms with E-state index in [0.717, 1.165) is 0 Å². The van der Waals surface area contributed by atoms with Crippen molar-refractivity contribution < 1.29 is 28.9 Å². The molecule has 0 aromatic rings. The van der Waals surface area contributed by atoms with Gasteiger partial charge in [0, 0.05) is 0 Å². The van der Waals surface area contributed by atoms with Gasteiger partial charge in [-0.1, -0.05) is 5.16 Å². The maximum atomic E-state index is 8.75. The monoisotopic (exact) mass is 287 g/mol. The molecule has 0 spiro atoms. The summed E-state index contributed by atoms with van der Waals surface area (Å²) in [4.78, 5) is 0. The lowest BCUT2D eigenvalue weighted by Gasteiger charge is -2.26. The highest BCUT2D eigenvalue weighted by Gasteiger charge is 2.58. The molecule has 5 atom stereocenters. The molecule has 7 heteroatoms. The molecule has 1 N–H and O–H groups in total. The lowest BCUT2D eigenvalue weighted by Crippen LogP contribution is -2.40. The molecular formula is C13H21NO6. The van der Waals surface area contributed by atoms with Crippen molar-refractivity contribution in [2.45, 2.75) is 69.8 Å². The second-order valence-electron chi connectivity index (χ2n) is 6.26. The van der Waals surface area contributed by atoms with Crippen LogP contribution >= 0.6 is 0 Å². The van der Waals surface area contributed by atoms with Gasteiger partial charge in [0.2, 0.25) is 0 Å². The number of ether oxygens (including phenoxy) is 5. The molecule has 20 heavy (non-hydrogen) atoms. The van der Waals surface area contributed by atoms with E-state index in [1.807, 2.05) is 27.7 Å². The quantitative estimate of drug-likeness (QED) is 0.461. The zero-order valence-corrected chi connectivity index (χ0v) is 12.1. The van der Waals surface area contributed by atoms with Crippen molar-refractivity contribution in [2.75, 3.05) is 6.61 Å². The molecule has 0 aromatic carbocycles. The van der Waals surface area contributed by atoms with Gasteiger partial charge in [-0.05, 0) is 27.7 Å². The van der Waals surface area contributed by atoms with Crippen LogP contribution in [0.1, 0.15) is 27.7 Å². The van der Waals surface area contributed by atoms with Gasteiger partial charge in [0.25, 0.3) is 0 Å². The fourth-order valence-corrected chi connectivity index (χ4v) is 3.02. The number of fused-ring (bicyclic) bond motifs is 1. The van der Waals surface area contributed by atoms with E-state index in [1.54, 1.807) is 0 Å². The predicted octanol–water partition coefficient (Wildman–Crippen LogP) is 0.885. The van der Waals surface area contributed by atoms with E-state index in [4.69, 9.17) is 28.9 Å². The maximum absolute atomic E-state index is 8.75. The molecule has 0 radical (unpaired) electrons. The molecule has 0 aromatic heterocycles. The largest absolute Gasteiger partial charge is 0.411 e. The van der Waals surface area contributed by atoms with Crippen molar-refractivity contribution in [2.24, 2.45) is 5.16 Å². The van der Waals surface area contributed by atoms with E-state index in [2.05, 4.69) is 5.16 Å². The highest BCUT2D eigenvalue weighted by molar-refractivity contribution is 5.64. The summed E-state index contributed by atoms with van der Waals surface area (Å²) in [7, 11) is 0. The number of hydrogen-bond donors (Lipinski definition) is 1. The Morgan fingerprint density at radius 2 is 1.70 bits per heavy atom. The Morgan fingerprint density at radius 1 is 1.00 bits per heavy atom. The third kappa shape index (κ3) is 2.44. The SMILES string of the molecule is CC1(C)O[C@@H]2[C@H](O1)[C@H](/C=N/O)O[C@@H]2[C@H]1COC(C)(C)O1. The van der Waals surface area contributed by atoms with E-state index in [0.29, 0.717) is 6.61 Å². The van der Waals surface area contributed by atoms with Gasteiger partial charge in [-0.15, -0.1) is 0 Å². The zero-order chi connectivity index (χ0) is 14.5. The van der Waals surface area contributed by atoms with Gasteiger partial charge in [-0.3, -0.25) is 0 Å². The summed E-state index contributed by atoms with van der Waals surface area (Å²) < 4.78 is 29.1. The van der Waals surface area contributed by atoms with Crippen LogP contribution in [0, 0.1) is 0 Å². The summed E-state index contributed by atoms with van der Waals surface area (Å²) in [5, 5.41) is 11.8. The first-order valence-corrected chi connectivity index (χ1v) is 6.82. The number of oxime groups is 1. The Balaban J connectivity index is 1.79. The van der Waals surface area contributed by atoms with Crippen LogP contribution in [0.4, 0.5) is 0 Å². The van der Waals surface area contributed by atoms with Crippen molar-refractivity contribution >= 4 is 6.21 Å². The Morgan fingerprint density at radius 3 is 2.30 bits per heavy atom. The van der Waals surface area contributed by atoms with Gasteiger partial charge in [0.1, 0.15) is 30.5 Å². The molecule has 0 aliphatic carbocycles. The van der Waals surface area contributed by atoms with Crippen LogP contribution in [-0.2, 0) is 23.7 Å². The number of hydrogen-bond acceptors (Lipinski definition) is 7. The summed E-state index contributed by atoms with van der Waals surface area (Å²) in [5.74, 6) is -1.31. The van der Waals surface area contributed by atoms with E-state index in [9.17, 15) is 0 Å². The Kier molecular flexibility index (Phi) is 3.30. The second-order valence-corrected chi connectivity index (χ2v) is 6.26. The van der Waals surface area contributed by atoms with Crippen molar-refractivity contribution in [1.29, 1.82) is 0 Å². The first-order valence-electron chi connectivity index (χ1n) is 6.82. The Bertz CT molecular complexity index is 410.